The number of rotatable bonds is 4. The van der Waals surface area contributed by atoms with E-state index in [1.165, 1.54) is 17.8 Å². The molecular weight excluding hydrogens is 276 g/mol. The molecule has 0 spiro atoms. The Hall–Kier alpha value is -2.09. The van der Waals surface area contributed by atoms with Crippen molar-refractivity contribution in [3.05, 3.63) is 27.8 Å². The molecule has 7 nitrogen and oxygen atoms in total. The van der Waals surface area contributed by atoms with Gasteiger partial charge in [0.05, 0.1) is 0 Å². The van der Waals surface area contributed by atoms with Gasteiger partial charge in [-0.3, -0.25) is 4.79 Å². The number of anilines is 2. The predicted molar refractivity (Wildman–Crippen MR) is 78.6 cm³/mol. The summed E-state index contributed by atoms with van der Waals surface area (Å²) in [6, 6.07) is 1.23. The lowest BCUT2D eigenvalue weighted by Gasteiger charge is -2.08. The van der Waals surface area contributed by atoms with Gasteiger partial charge < -0.3 is 16.5 Å². The second-order valence-corrected chi connectivity index (χ2v) is 5.26. The van der Waals surface area contributed by atoms with Gasteiger partial charge in [-0.25, -0.2) is 15.0 Å². The van der Waals surface area contributed by atoms with Crippen LogP contribution in [0.5, 0.6) is 0 Å². The topological polar surface area (TPSA) is 124 Å². The van der Waals surface area contributed by atoms with Crippen LogP contribution < -0.4 is 17.0 Å². The van der Waals surface area contributed by atoms with E-state index in [1.54, 1.807) is 0 Å². The number of aryl methyl sites for hydroxylation is 1. The molecule has 0 saturated carbocycles. The van der Waals surface area contributed by atoms with E-state index in [4.69, 9.17) is 11.5 Å². The summed E-state index contributed by atoms with van der Waals surface area (Å²) in [4.78, 5) is 26.7. The van der Waals surface area contributed by atoms with E-state index in [-0.39, 0.29) is 11.4 Å². The predicted octanol–water partition coefficient (Wildman–Crippen LogP) is 1.14. The van der Waals surface area contributed by atoms with Gasteiger partial charge in [0.1, 0.15) is 22.5 Å². The molecule has 2 aromatic rings. The summed E-state index contributed by atoms with van der Waals surface area (Å²) in [5, 5.41) is 1.06. The van der Waals surface area contributed by atoms with E-state index in [1.807, 2.05) is 13.8 Å². The fraction of sp³-hybridized carbons (Fsp3) is 0.333. The Morgan fingerprint density at radius 1 is 1.30 bits per heavy atom. The number of nitrogens with two attached hydrogens (primary N) is 2. The van der Waals surface area contributed by atoms with Gasteiger partial charge in [0, 0.05) is 18.1 Å². The number of hydrogen-bond acceptors (Lipinski definition) is 7. The summed E-state index contributed by atoms with van der Waals surface area (Å²) in [6.07, 6.45) is 1.68. The second kappa shape index (κ2) is 5.91. The van der Waals surface area contributed by atoms with E-state index >= 15 is 0 Å². The van der Waals surface area contributed by atoms with Crippen LogP contribution in [0.2, 0.25) is 0 Å². The van der Waals surface area contributed by atoms with Gasteiger partial charge in [-0.15, -0.1) is 0 Å². The van der Waals surface area contributed by atoms with Crippen molar-refractivity contribution >= 4 is 23.4 Å². The van der Waals surface area contributed by atoms with Gasteiger partial charge in [-0.05, 0) is 25.1 Å². The highest BCUT2D eigenvalue weighted by Crippen LogP contribution is 2.28. The van der Waals surface area contributed by atoms with Crippen molar-refractivity contribution in [1.29, 1.82) is 0 Å². The first kappa shape index (κ1) is 14.3. The first-order valence-corrected chi connectivity index (χ1v) is 6.99. The van der Waals surface area contributed by atoms with Crippen molar-refractivity contribution in [3.8, 4) is 0 Å². The molecule has 0 bridgehead atoms. The Balaban J connectivity index is 2.39. The summed E-state index contributed by atoms with van der Waals surface area (Å²) in [6.45, 7) is 3.88. The van der Waals surface area contributed by atoms with Crippen LogP contribution in [-0.2, 0) is 6.42 Å². The van der Waals surface area contributed by atoms with Gasteiger partial charge in [0.2, 0.25) is 0 Å². The molecule has 2 rings (SSSR count). The zero-order chi connectivity index (χ0) is 14.7. The number of H-pyrrole nitrogens is 1. The third-order valence-electron chi connectivity index (χ3n) is 2.59. The number of aromatic amines is 1. The Bertz CT molecular complexity index is 684. The summed E-state index contributed by atoms with van der Waals surface area (Å²) in [5.41, 5.74) is 11.9. The van der Waals surface area contributed by atoms with Crippen molar-refractivity contribution in [2.24, 2.45) is 0 Å². The van der Waals surface area contributed by atoms with Crippen molar-refractivity contribution in [2.45, 2.75) is 36.9 Å². The maximum Gasteiger partial charge on any atom is 0.253 e. The minimum atomic E-state index is -0.298. The van der Waals surface area contributed by atoms with E-state index in [0.717, 1.165) is 18.4 Å². The SMILES string of the molecule is CCCc1nc(N)c(C)c(Sc2nc(N)cc(=O)[nH]2)n1. The van der Waals surface area contributed by atoms with E-state index in [2.05, 4.69) is 19.9 Å². The number of aromatic nitrogens is 4. The minimum absolute atomic E-state index is 0.171. The number of nitrogen functional groups attached to an aromatic ring is 2. The second-order valence-electron chi connectivity index (χ2n) is 4.28. The van der Waals surface area contributed by atoms with Crippen LogP contribution in [0.1, 0.15) is 24.7 Å². The maximum absolute atomic E-state index is 11.4. The van der Waals surface area contributed by atoms with E-state index < -0.39 is 0 Å². The highest BCUT2D eigenvalue weighted by Gasteiger charge is 2.11. The van der Waals surface area contributed by atoms with Crippen LogP contribution in [-0.4, -0.2) is 19.9 Å². The highest BCUT2D eigenvalue weighted by molar-refractivity contribution is 7.99. The minimum Gasteiger partial charge on any atom is -0.383 e. The van der Waals surface area contributed by atoms with Crippen molar-refractivity contribution in [2.75, 3.05) is 11.5 Å². The van der Waals surface area contributed by atoms with Gasteiger partial charge in [-0.1, -0.05) is 6.92 Å². The molecule has 5 N–H and O–H groups in total. The number of hydrogen-bond donors (Lipinski definition) is 3. The zero-order valence-corrected chi connectivity index (χ0v) is 12.1. The van der Waals surface area contributed by atoms with Crippen molar-refractivity contribution in [1.82, 2.24) is 19.9 Å². The van der Waals surface area contributed by atoms with Crippen LogP contribution in [0.15, 0.2) is 21.0 Å². The first-order valence-electron chi connectivity index (χ1n) is 6.17. The molecule has 0 fully saturated rings. The molecule has 0 unspecified atom stereocenters. The number of nitrogens with zero attached hydrogens (tertiary/aromatic N) is 3. The molecule has 0 radical (unpaired) electrons. The average molecular weight is 292 g/mol. The fourth-order valence-corrected chi connectivity index (χ4v) is 2.48. The Morgan fingerprint density at radius 3 is 2.70 bits per heavy atom. The standard InChI is InChI=1S/C12H16N6OS/c1-3-4-8-16-10(14)6(2)11(17-8)20-12-15-7(13)5-9(19)18-12/h5H,3-4H2,1-2H3,(H2,14,16,17)(H3,13,15,18,19). The molecular formula is C12H16N6OS. The van der Waals surface area contributed by atoms with Gasteiger partial charge in [0.25, 0.3) is 5.56 Å². The first-order chi connectivity index (χ1) is 9.49. The molecule has 106 valence electrons. The van der Waals surface area contributed by atoms with Crippen LogP contribution in [0.25, 0.3) is 0 Å². The third-order valence-corrected chi connectivity index (χ3v) is 3.57. The van der Waals surface area contributed by atoms with Crippen LogP contribution in [0.4, 0.5) is 11.6 Å². The largest absolute Gasteiger partial charge is 0.383 e. The zero-order valence-electron chi connectivity index (χ0n) is 11.3. The molecule has 0 amide bonds. The van der Waals surface area contributed by atoms with Crippen LogP contribution >= 0.6 is 11.8 Å². The molecule has 0 aliphatic heterocycles. The van der Waals surface area contributed by atoms with Crippen molar-refractivity contribution in [3.63, 3.8) is 0 Å². The summed E-state index contributed by atoms with van der Waals surface area (Å²) in [5.74, 6) is 1.30. The van der Waals surface area contributed by atoms with Gasteiger partial charge in [-0.2, -0.15) is 0 Å². The Labute approximate surface area is 120 Å². The lowest BCUT2D eigenvalue weighted by atomic mass is 10.3. The summed E-state index contributed by atoms with van der Waals surface area (Å²) < 4.78 is 0. The lowest BCUT2D eigenvalue weighted by molar-refractivity contribution is 0.804. The number of nitrogens with one attached hydrogen (secondary N) is 1. The summed E-state index contributed by atoms with van der Waals surface area (Å²) >= 11 is 1.22. The summed E-state index contributed by atoms with van der Waals surface area (Å²) in [7, 11) is 0. The van der Waals surface area contributed by atoms with Gasteiger partial charge in [0.15, 0.2) is 5.16 Å². The smallest absolute Gasteiger partial charge is 0.253 e. The maximum atomic E-state index is 11.4. The molecule has 20 heavy (non-hydrogen) atoms. The Morgan fingerprint density at radius 2 is 2.05 bits per heavy atom. The molecule has 0 saturated heterocycles. The van der Waals surface area contributed by atoms with Gasteiger partial charge >= 0.3 is 0 Å². The van der Waals surface area contributed by atoms with Crippen molar-refractivity contribution < 1.29 is 0 Å². The molecule has 0 aliphatic carbocycles. The average Bonchev–Trinajstić information content (AvgIpc) is 2.34. The normalized spacial score (nSPS) is 10.7. The third kappa shape index (κ3) is 3.27. The molecule has 2 aromatic heterocycles. The highest BCUT2D eigenvalue weighted by atomic mass is 32.2. The fourth-order valence-electron chi connectivity index (χ4n) is 1.59. The Kier molecular flexibility index (Phi) is 4.23. The molecule has 0 atom stereocenters. The molecule has 2 heterocycles. The monoisotopic (exact) mass is 292 g/mol. The quantitative estimate of drug-likeness (QED) is 0.570. The van der Waals surface area contributed by atoms with Crippen LogP contribution in [0.3, 0.4) is 0 Å². The molecule has 0 aliphatic rings. The van der Waals surface area contributed by atoms with Crippen LogP contribution in [0, 0.1) is 6.92 Å². The molecule has 0 aromatic carbocycles. The molecule has 8 heteroatoms. The lowest BCUT2D eigenvalue weighted by Crippen LogP contribution is -2.10. The van der Waals surface area contributed by atoms with E-state index in [0.29, 0.717) is 21.8 Å². The van der Waals surface area contributed by atoms with E-state index in [9.17, 15) is 4.79 Å².